The largest absolute Gasteiger partial charge is 0.306 e. The maximum absolute atomic E-state index is 13.4. The SMILES string of the molecule is Cc1cnc(CNCc2cc(Cl)ccc2F)s1. The predicted octanol–water partition coefficient (Wildman–Crippen LogP) is 3.53. The van der Waals surface area contributed by atoms with Crippen molar-refractivity contribution in [2.45, 2.75) is 20.0 Å². The topological polar surface area (TPSA) is 24.9 Å². The average molecular weight is 271 g/mol. The first-order chi connectivity index (χ1) is 8.15. The third-order valence-corrected chi connectivity index (χ3v) is 3.42. The second-order valence-electron chi connectivity index (χ2n) is 3.70. The molecule has 0 saturated heterocycles. The summed E-state index contributed by atoms with van der Waals surface area (Å²) in [5, 5.41) is 4.70. The van der Waals surface area contributed by atoms with E-state index in [0.29, 0.717) is 23.7 Å². The fraction of sp³-hybridized carbons (Fsp3) is 0.250. The van der Waals surface area contributed by atoms with Gasteiger partial charge < -0.3 is 5.32 Å². The summed E-state index contributed by atoms with van der Waals surface area (Å²) in [5.41, 5.74) is 0.575. The minimum atomic E-state index is -0.239. The lowest BCUT2D eigenvalue weighted by Crippen LogP contribution is -2.13. The molecule has 1 aromatic heterocycles. The van der Waals surface area contributed by atoms with Gasteiger partial charge in [0.2, 0.25) is 0 Å². The number of nitrogens with zero attached hydrogens (tertiary/aromatic N) is 1. The highest BCUT2D eigenvalue weighted by atomic mass is 35.5. The third-order valence-electron chi connectivity index (χ3n) is 2.27. The normalized spacial score (nSPS) is 10.8. The van der Waals surface area contributed by atoms with E-state index in [0.717, 1.165) is 5.01 Å². The van der Waals surface area contributed by atoms with Crippen molar-refractivity contribution in [2.24, 2.45) is 0 Å². The Morgan fingerprint density at radius 3 is 2.94 bits per heavy atom. The second kappa shape index (κ2) is 5.58. The van der Waals surface area contributed by atoms with E-state index in [2.05, 4.69) is 10.3 Å². The summed E-state index contributed by atoms with van der Waals surface area (Å²) >= 11 is 7.45. The van der Waals surface area contributed by atoms with Gasteiger partial charge in [0.25, 0.3) is 0 Å². The van der Waals surface area contributed by atoms with E-state index in [9.17, 15) is 4.39 Å². The first-order valence-corrected chi connectivity index (χ1v) is 6.40. The van der Waals surface area contributed by atoms with Crippen LogP contribution in [0.3, 0.4) is 0 Å². The number of thiazole rings is 1. The van der Waals surface area contributed by atoms with Gasteiger partial charge in [-0.15, -0.1) is 11.3 Å². The minimum Gasteiger partial charge on any atom is -0.306 e. The standard InChI is InChI=1S/C12H12ClFN2S/c1-8-5-16-12(17-8)7-15-6-9-4-10(13)2-3-11(9)14/h2-5,15H,6-7H2,1H3. The summed E-state index contributed by atoms with van der Waals surface area (Å²) in [7, 11) is 0. The molecule has 0 atom stereocenters. The minimum absolute atomic E-state index is 0.239. The van der Waals surface area contributed by atoms with Gasteiger partial charge in [-0.2, -0.15) is 0 Å². The molecule has 2 nitrogen and oxygen atoms in total. The number of hydrogen-bond acceptors (Lipinski definition) is 3. The van der Waals surface area contributed by atoms with Crippen molar-refractivity contribution in [2.75, 3.05) is 0 Å². The van der Waals surface area contributed by atoms with Crippen LogP contribution in [0.15, 0.2) is 24.4 Å². The predicted molar refractivity (Wildman–Crippen MR) is 68.8 cm³/mol. The summed E-state index contributed by atoms with van der Waals surface area (Å²) in [5.74, 6) is -0.239. The van der Waals surface area contributed by atoms with E-state index < -0.39 is 0 Å². The molecule has 1 heterocycles. The number of benzene rings is 1. The summed E-state index contributed by atoms with van der Waals surface area (Å²) in [6.45, 7) is 3.10. The van der Waals surface area contributed by atoms with Crippen molar-refractivity contribution in [3.05, 3.63) is 50.7 Å². The monoisotopic (exact) mass is 270 g/mol. The van der Waals surface area contributed by atoms with Crippen LogP contribution in [0.25, 0.3) is 0 Å². The van der Waals surface area contributed by atoms with Gasteiger partial charge in [-0.3, -0.25) is 0 Å². The molecule has 0 fully saturated rings. The van der Waals surface area contributed by atoms with Gasteiger partial charge in [0.15, 0.2) is 0 Å². The van der Waals surface area contributed by atoms with Gasteiger partial charge in [-0.1, -0.05) is 11.6 Å². The highest BCUT2D eigenvalue weighted by molar-refractivity contribution is 7.11. The zero-order chi connectivity index (χ0) is 12.3. The number of hydrogen-bond donors (Lipinski definition) is 1. The van der Waals surface area contributed by atoms with Crippen LogP contribution in [0.5, 0.6) is 0 Å². The van der Waals surface area contributed by atoms with E-state index in [1.165, 1.54) is 10.9 Å². The fourth-order valence-electron chi connectivity index (χ4n) is 1.47. The molecule has 1 N–H and O–H groups in total. The van der Waals surface area contributed by atoms with Crippen LogP contribution in [-0.2, 0) is 13.1 Å². The molecule has 17 heavy (non-hydrogen) atoms. The van der Waals surface area contributed by atoms with Crippen molar-refractivity contribution < 1.29 is 4.39 Å². The van der Waals surface area contributed by atoms with Crippen LogP contribution < -0.4 is 5.32 Å². The zero-order valence-electron chi connectivity index (χ0n) is 9.34. The van der Waals surface area contributed by atoms with Crippen molar-refractivity contribution in [3.8, 4) is 0 Å². The number of rotatable bonds is 4. The molecule has 0 radical (unpaired) electrons. The highest BCUT2D eigenvalue weighted by Gasteiger charge is 2.03. The molecule has 0 amide bonds. The van der Waals surface area contributed by atoms with E-state index in [1.807, 2.05) is 13.1 Å². The molecule has 2 rings (SSSR count). The number of halogens is 2. The van der Waals surface area contributed by atoms with E-state index in [4.69, 9.17) is 11.6 Å². The third kappa shape index (κ3) is 3.49. The van der Waals surface area contributed by atoms with Crippen molar-refractivity contribution >= 4 is 22.9 Å². The Kier molecular flexibility index (Phi) is 4.10. The molecule has 0 aliphatic rings. The van der Waals surface area contributed by atoms with Gasteiger partial charge in [0, 0.05) is 34.7 Å². The Labute approximate surface area is 108 Å². The lowest BCUT2D eigenvalue weighted by Gasteiger charge is -2.04. The lowest BCUT2D eigenvalue weighted by molar-refractivity contribution is 0.587. The first-order valence-electron chi connectivity index (χ1n) is 5.21. The summed E-state index contributed by atoms with van der Waals surface area (Å²) in [6, 6.07) is 4.56. The Morgan fingerprint density at radius 2 is 2.24 bits per heavy atom. The molecule has 1 aromatic carbocycles. The van der Waals surface area contributed by atoms with Crippen molar-refractivity contribution in [1.82, 2.24) is 10.3 Å². The first kappa shape index (κ1) is 12.5. The van der Waals surface area contributed by atoms with Crippen LogP contribution in [0, 0.1) is 12.7 Å². The second-order valence-corrected chi connectivity index (χ2v) is 5.46. The van der Waals surface area contributed by atoms with Crippen LogP contribution in [-0.4, -0.2) is 4.98 Å². The Bertz CT molecular complexity index is 513. The van der Waals surface area contributed by atoms with Crippen LogP contribution in [0.1, 0.15) is 15.4 Å². The summed E-state index contributed by atoms with van der Waals surface area (Å²) in [6.07, 6.45) is 1.83. The van der Waals surface area contributed by atoms with Crippen molar-refractivity contribution in [1.29, 1.82) is 0 Å². The van der Waals surface area contributed by atoms with Crippen LogP contribution in [0.2, 0.25) is 5.02 Å². The van der Waals surface area contributed by atoms with Gasteiger partial charge in [0.1, 0.15) is 10.8 Å². The zero-order valence-corrected chi connectivity index (χ0v) is 10.9. The smallest absolute Gasteiger partial charge is 0.127 e. The summed E-state index contributed by atoms with van der Waals surface area (Å²) < 4.78 is 13.4. The molecule has 5 heteroatoms. The van der Waals surface area contributed by atoms with E-state index in [1.54, 1.807) is 23.5 Å². The van der Waals surface area contributed by atoms with Crippen LogP contribution >= 0.6 is 22.9 Å². The van der Waals surface area contributed by atoms with Crippen molar-refractivity contribution in [3.63, 3.8) is 0 Å². The molecule has 0 aliphatic carbocycles. The molecular formula is C12H12ClFN2S. The number of aryl methyl sites for hydroxylation is 1. The molecule has 0 aliphatic heterocycles. The van der Waals surface area contributed by atoms with E-state index >= 15 is 0 Å². The Morgan fingerprint density at radius 1 is 1.41 bits per heavy atom. The Balaban J connectivity index is 1.91. The number of aromatic nitrogens is 1. The highest BCUT2D eigenvalue weighted by Crippen LogP contribution is 2.15. The molecule has 90 valence electrons. The quantitative estimate of drug-likeness (QED) is 0.919. The van der Waals surface area contributed by atoms with Gasteiger partial charge in [0.05, 0.1) is 0 Å². The Hall–Kier alpha value is -0.970. The van der Waals surface area contributed by atoms with Gasteiger partial charge in [-0.05, 0) is 25.1 Å². The molecule has 0 bridgehead atoms. The molecule has 2 aromatic rings. The molecule has 0 saturated carbocycles. The summed E-state index contributed by atoms with van der Waals surface area (Å²) in [4.78, 5) is 5.40. The van der Waals surface area contributed by atoms with Crippen LogP contribution in [0.4, 0.5) is 4.39 Å². The maximum atomic E-state index is 13.4. The molecular weight excluding hydrogens is 259 g/mol. The average Bonchev–Trinajstić information content (AvgIpc) is 2.69. The maximum Gasteiger partial charge on any atom is 0.127 e. The molecule has 0 unspecified atom stereocenters. The lowest BCUT2D eigenvalue weighted by atomic mass is 10.2. The molecule has 0 spiro atoms. The van der Waals surface area contributed by atoms with E-state index in [-0.39, 0.29) is 5.82 Å². The fourth-order valence-corrected chi connectivity index (χ4v) is 2.42. The van der Waals surface area contributed by atoms with Gasteiger partial charge >= 0.3 is 0 Å². The number of nitrogens with one attached hydrogen (secondary N) is 1. The van der Waals surface area contributed by atoms with Gasteiger partial charge in [-0.25, -0.2) is 9.37 Å².